The van der Waals surface area contributed by atoms with Gasteiger partial charge in [0.15, 0.2) is 0 Å². The van der Waals surface area contributed by atoms with Gasteiger partial charge < -0.3 is 14.5 Å². The van der Waals surface area contributed by atoms with Gasteiger partial charge in [-0.3, -0.25) is 0 Å². The second-order valence-corrected chi connectivity index (χ2v) is 6.21. The van der Waals surface area contributed by atoms with Crippen LogP contribution >= 0.6 is 11.6 Å². The van der Waals surface area contributed by atoms with Crippen LogP contribution in [-0.2, 0) is 4.74 Å². The fourth-order valence-corrected chi connectivity index (χ4v) is 2.65. The third-order valence-corrected chi connectivity index (χ3v) is 4.09. The zero-order chi connectivity index (χ0) is 20.6. The van der Waals surface area contributed by atoms with Crippen molar-refractivity contribution in [2.75, 3.05) is 11.9 Å². The van der Waals surface area contributed by atoms with Crippen molar-refractivity contribution in [3.63, 3.8) is 0 Å². The first-order valence-electron chi connectivity index (χ1n) is 8.79. The SMILES string of the molecule is CCOC(=O)c1cc(-c2ccc(/C=N\NC(=O)Nc3ccccc3)o2)ccc1Cl. The minimum absolute atomic E-state index is 0.256. The van der Waals surface area contributed by atoms with Crippen LogP contribution < -0.4 is 10.7 Å². The van der Waals surface area contributed by atoms with Crippen molar-refractivity contribution in [1.29, 1.82) is 0 Å². The van der Waals surface area contributed by atoms with Crippen LogP contribution in [0.2, 0.25) is 5.02 Å². The van der Waals surface area contributed by atoms with Crippen molar-refractivity contribution in [3.8, 4) is 11.3 Å². The maximum absolute atomic E-state index is 12.0. The van der Waals surface area contributed by atoms with Crippen LogP contribution in [0.1, 0.15) is 23.0 Å². The summed E-state index contributed by atoms with van der Waals surface area (Å²) < 4.78 is 10.7. The van der Waals surface area contributed by atoms with Crippen molar-refractivity contribution in [3.05, 3.63) is 77.0 Å². The van der Waals surface area contributed by atoms with E-state index >= 15 is 0 Å². The Balaban J connectivity index is 1.65. The molecule has 7 nitrogen and oxygen atoms in total. The number of urea groups is 1. The molecule has 0 bridgehead atoms. The third kappa shape index (κ3) is 5.46. The molecule has 2 aromatic carbocycles. The first-order valence-corrected chi connectivity index (χ1v) is 9.16. The quantitative estimate of drug-likeness (QED) is 0.341. The molecule has 0 unspecified atom stereocenters. The molecule has 0 aliphatic carbocycles. The van der Waals surface area contributed by atoms with Gasteiger partial charge in [0.25, 0.3) is 0 Å². The molecule has 3 aromatic rings. The van der Waals surface area contributed by atoms with Crippen molar-refractivity contribution in [2.24, 2.45) is 5.10 Å². The molecule has 2 N–H and O–H groups in total. The Hall–Kier alpha value is -3.58. The van der Waals surface area contributed by atoms with Crippen LogP contribution in [0.4, 0.5) is 10.5 Å². The molecular weight excluding hydrogens is 394 g/mol. The van der Waals surface area contributed by atoms with Crippen LogP contribution in [0.15, 0.2) is 70.2 Å². The molecule has 1 heterocycles. The highest BCUT2D eigenvalue weighted by Gasteiger charge is 2.14. The van der Waals surface area contributed by atoms with Crippen LogP contribution in [0, 0.1) is 0 Å². The lowest BCUT2D eigenvalue weighted by molar-refractivity contribution is 0.0526. The molecule has 8 heteroatoms. The molecule has 29 heavy (non-hydrogen) atoms. The number of nitrogens with one attached hydrogen (secondary N) is 2. The molecule has 1 aromatic heterocycles. The summed E-state index contributed by atoms with van der Waals surface area (Å²) >= 11 is 6.08. The Kier molecular flexibility index (Phi) is 6.65. The maximum atomic E-state index is 12.0. The lowest BCUT2D eigenvalue weighted by atomic mass is 10.1. The summed E-state index contributed by atoms with van der Waals surface area (Å²) in [5.74, 6) is 0.441. The molecule has 0 saturated heterocycles. The summed E-state index contributed by atoms with van der Waals surface area (Å²) in [6, 6.07) is 16.9. The number of halogens is 1. The van der Waals surface area contributed by atoms with E-state index < -0.39 is 12.0 Å². The van der Waals surface area contributed by atoms with E-state index in [0.29, 0.717) is 27.8 Å². The van der Waals surface area contributed by atoms with E-state index in [4.69, 9.17) is 20.8 Å². The molecule has 3 rings (SSSR count). The summed E-state index contributed by atoms with van der Waals surface area (Å²) in [5, 5.41) is 6.79. The summed E-state index contributed by atoms with van der Waals surface area (Å²) in [6.07, 6.45) is 1.37. The van der Waals surface area contributed by atoms with Crippen molar-refractivity contribution in [1.82, 2.24) is 5.43 Å². The van der Waals surface area contributed by atoms with E-state index in [1.165, 1.54) is 6.21 Å². The van der Waals surface area contributed by atoms with Gasteiger partial charge in [-0.1, -0.05) is 29.8 Å². The van der Waals surface area contributed by atoms with Gasteiger partial charge in [0.2, 0.25) is 0 Å². The molecule has 0 spiro atoms. The number of benzene rings is 2. The fourth-order valence-electron chi connectivity index (χ4n) is 2.46. The molecule has 0 fully saturated rings. The van der Waals surface area contributed by atoms with Crippen molar-refractivity contribution in [2.45, 2.75) is 6.92 Å². The van der Waals surface area contributed by atoms with Gasteiger partial charge in [0.1, 0.15) is 11.5 Å². The Labute approximate surface area is 172 Å². The minimum Gasteiger partial charge on any atom is -0.462 e. The summed E-state index contributed by atoms with van der Waals surface area (Å²) in [6.45, 7) is 1.98. The van der Waals surface area contributed by atoms with Crippen LogP contribution in [0.25, 0.3) is 11.3 Å². The summed E-state index contributed by atoms with van der Waals surface area (Å²) in [5.41, 5.74) is 3.93. The number of rotatable bonds is 6. The highest BCUT2D eigenvalue weighted by molar-refractivity contribution is 6.33. The zero-order valence-electron chi connectivity index (χ0n) is 15.5. The number of anilines is 1. The molecule has 0 radical (unpaired) electrons. The second-order valence-electron chi connectivity index (χ2n) is 5.81. The van der Waals surface area contributed by atoms with Crippen molar-refractivity contribution >= 4 is 35.5 Å². The maximum Gasteiger partial charge on any atom is 0.339 e. The van der Waals surface area contributed by atoms with Gasteiger partial charge in [-0.05, 0) is 49.4 Å². The predicted octanol–water partition coefficient (Wildman–Crippen LogP) is 4.93. The van der Waals surface area contributed by atoms with E-state index in [1.54, 1.807) is 49.4 Å². The standard InChI is InChI=1S/C21H18ClN3O4/c1-2-28-20(26)17-12-14(8-10-18(17)22)19-11-9-16(29-19)13-23-25-21(27)24-15-6-4-3-5-7-15/h3-13H,2H2,1H3,(H2,24,25,27)/b23-13-. The average molecular weight is 412 g/mol. The molecule has 2 amide bonds. The largest absolute Gasteiger partial charge is 0.462 e. The van der Waals surface area contributed by atoms with Gasteiger partial charge in [-0.2, -0.15) is 5.10 Å². The number of nitrogens with zero attached hydrogens (tertiary/aromatic N) is 1. The van der Waals surface area contributed by atoms with E-state index in [9.17, 15) is 9.59 Å². The molecule has 0 atom stereocenters. The summed E-state index contributed by atoms with van der Waals surface area (Å²) in [4.78, 5) is 23.8. The number of furan rings is 1. The predicted molar refractivity (Wildman–Crippen MR) is 111 cm³/mol. The fraction of sp³-hybridized carbons (Fsp3) is 0.0952. The zero-order valence-corrected chi connectivity index (χ0v) is 16.3. The molecule has 0 saturated carbocycles. The number of carbonyl (C=O) groups excluding carboxylic acids is 2. The molecule has 0 aliphatic rings. The number of hydrogen-bond acceptors (Lipinski definition) is 5. The second kappa shape index (κ2) is 9.57. The van der Waals surface area contributed by atoms with Gasteiger partial charge in [0, 0.05) is 11.3 Å². The van der Waals surface area contributed by atoms with E-state index in [-0.39, 0.29) is 12.2 Å². The van der Waals surface area contributed by atoms with Gasteiger partial charge in [0.05, 0.1) is 23.4 Å². The normalized spacial score (nSPS) is 10.7. The Morgan fingerprint density at radius 1 is 1.14 bits per heavy atom. The van der Waals surface area contributed by atoms with E-state index in [2.05, 4.69) is 15.8 Å². The topological polar surface area (TPSA) is 92.9 Å². The van der Waals surface area contributed by atoms with Gasteiger partial charge in [-0.15, -0.1) is 0 Å². The average Bonchev–Trinajstić information content (AvgIpc) is 3.18. The minimum atomic E-state index is -0.499. The first kappa shape index (κ1) is 20.2. The number of hydrogen-bond donors (Lipinski definition) is 2. The van der Waals surface area contributed by atoms with E-state index in [1.807, 2.05) is 18.2 Å². The smallest absolute Gasteiger partial charge is 0.339 e. The molecule has 0 aliphatic heterocycles. The number of esters is 1. The van der Waals surface area contributed by atoms with Gasteiger partial charge >= 0.3 is 12.0 Å². The van der Waals surface area contributed by atoms with Gasteiger partial charge in [-0.25, -0.2) is 15.0 Å². The molecular formula is C21H18ClN3O4. The van der Waals surface area contributed by atoms with Crippen LogP contribution in [0.3, 0.4) is 0 Å². The molecule has 148 valence electrons. The highest BCUT2D eigenvalue weighted by atomic mass is 35.5. The Morgan fingerprint density at radius 2 is 1.93 bits per heavy atom. The number of carbonyl (C=O) groups is 2. The summed E-state index contributed by atoms with van der Waals surface area (Å²) in [7, 11) is 0. The van der Waals surface area contributed by atoms with E-state index in [0.717, 1.165) is 0 Å². The number of amides is 2. The third-order valence-electron chi connectivity index (χ3n) is 3.76. The lowest BCUT2D eigenvalue weighted by Gasteiger charge is -2.05. The number of ether oxygens (including phenoxy) is 1. The van der Waals surface area contributed by atoms with Crippen LogP contribution in [-0.4, -0.2) is 24.8 Å². The first-order chi connectivity index (χ1) is 14.1. The Bertz CT molecular complexity index is 1030. The number of hydrazone groups is 1. The monoisotopic (exact) mass is 411 g/mol. The van der Waals surface area contributed by atoms with Crippen LogP contribution in [0.5, 0.6) is 0 Å². The highest BCUT2D eigenvalue weighted by Crippen LogP contribution is 2.27. The Morgan fingerprint density at radius 3 is 2.69 bits per heavy atom. The van der Waals surface area contributed by atoms with Crippen molar-refractivity contribution < 1.29 is 18.7 Å². The lowest BCUT2D eigenvalue weighted by Crippen LogP contribution is -2.24. The number of para-hydroxylation sites is 1.